The number of likely N-dealkylation sites (tertiary alicyclic amines) is 1. The van der Waals surface area contributed by atoms with Crippen LogP contribution in [-0.2, 0) is 65.6 Å². The molecular weight excluding hydrogens is 977 g/mol. The summed E-state index contributed by atoms with van der Waals surface area (Å²) in [4.78, 5) is 149. The van der Waals surface area contributed by atoms with Crippen LogP contribution in [0.5, 0.6) is 5.75 Å². The number of nitrogens with two attached hydrogens (primary N) is 4. The van der Waals surface area contributed by atoms with Gasteiger partial charge >= 0.3 is 0 Å². The van der Waals surface area contributed by atoms with Gasteiger partial charge in [-0.2, -0.15) is 0 Å². The molecule has 26 heteroatoms. The molecule has 11 amide bonds. The van der Waals surface area contributed by atoms with Crippen molar-refractivity contribution in [1.82, 2.24) is 42.1 Å². The lowest BCUT2D eigenvalue weighted by Gasteiger charge is -2.31. The number of benzene rings is 2. The molecule has 8 unspecified atom stereocenters. The minimum atomic E-state index is -1.77. The summed E-state index contributed by atoms with van der Waals surface area (Å²) in [6.45, 7) is 3.20. The minimum Gasteiger partial charge on any atom is -0.508 e. The predicted octanol–water partition coefficient (Wildman–Crippen LogP) is -3.41. The second kappa shape index (κ2) is 28.2. The highest BCUT2D eigenvalue weighted by Gasteiger charge is 2.41. The largest absolute Gasteiger partial charge is 0.508 e. The maximum absolute atomic E-state index is 14.5. The third-order valence-electron chi connectivity index (χ3n) is 11.4. The zero-order valence-corrected chi connectivity index (χ0v) is 41.5. The fourth-order valence-corrected chi connectivity index (χ4v) is 10.0. The Hall–Kier alpha value is -6.93. The second-order valence-electron chi connectivity index (χ2n) is 17.8. The van der Waals surface area contributed by atoms with Gasteiger partial charge in [0.2, 0.25) is 65.0 Å². The molecule has 8 atom stereocenters. The quantitative estimate of drug-likeness (QED) is 0.0687. The van der Waals surface area contributed by atoms with Gasteiger partial charge in [-0.1, -0.05) is 77.9 Å². The van der Waals surface area contributed by atoms with Crippen molar-refractivity contribution < 1.29 is 57.8 Å². The van der Waals surface area contributed by atoms with E-state index in [9.17, 15) is 57.8 Å². The van der Waals surface area contributed by atoms with Gasteiger partial charge in [0.05, 0.1) is 19.0 Å². The fourth-order valence-electron chi connectivity index (χ4n) is 7.73. The van der Waals surface area contributed by atoms with Gasteiger partial charge in [-0.05, 0) is 54.9 Å². The van der Waals surface area contributed by atoms with E-state index < -0.39 is 139 Å². The zero-order chi connectivity index (χ0) is 53.1. The molecule has 24 nitrogen and oxygen atoms in total. The summed E-state index contributed by atoms with van der Waals surface area (Å²) in [7, 11) is 2.04. The van der Waals surface area contributed by atoms with E-state index in [1.165, 1.54) is 29.2 Å². The number of primary amides is 3. The number of phenols is 1. The highest BCUT2D eigenvalue weighted by molar-refractivity contribution is 8.76. The molecule has 2 aliphatic rings. The van der Waals surface area contributed by atoms with Crippen LogP contribution in [0.1, 0.15) is 63.5 Å². The number of hydrogen-bond donors (Lipinski definition) is 12. The molecule has 72 heavy (non-hydrogen) atoms. The third kappa shape index (κ3) is 18.7. The first-order valence-corrected chi connectivity index (χ1v) is 25.7. The Labute approximate surface area is 423 Å². The topological polar surface area (TPSA) is 400 Å². The normalized spacial score (nSPS) is 23.2. The third-order valence-corrected chi connectivity index (χ3v) is 13.9. The average molecular weight is 1040 g/mol. The molecule has 2 fully saturated rings. The Balaban J connectivity index is 1.72. The van der Waals surface area contributed by atoms with Gasteiger partial charge in [0, 0.05) is 37.3 Å². The van der Waals surface area contributed by atoms with Crippen molar-refractivity contribution in [2.75, 3.05) is 24.6 Å². The molecule has 0 aliphatic carbocycles. The van der Waals surface area contributed by atoms with E-state index in [0.717, 1.165) is 21.6 Å². The first kappa shape index (κ1) is 57.6. The van der Waals surface area contributed by atoms with Crippen molar-refractivity contribution >= 4 is 86.6 Å². The Bertz CT molecular complexity index is 2290. The van der Waals surface area contributed by atoms with Gasteiger partial charge in [0.25, 0.3) is 0 Å². The van der Waals surface area contributed by atoms with Crippen molar-refractivity contribution in [1.29, 1.82) is 0 Å². The molecule has 16 N–H and O–H groups in total. The highest BCUT2D eigenvalue weighted by atomic mass is 33.1. The number of rotatable bonds is 17. The van der Waals surface area contributed by atoms with Gasteiger partial charge < -0.3 is 70.2 Å². The fraction of sp³-hybridized carbons (Fsp3) is 0.500. The van der Waals surface area contributed by atoms with E-state index in [-0.39, 0.29) is 55.4 Å². The number of phenolic OH excluding ortho intramolecular Hbond substituents is 1. The summed E-state index contributed by atoms with van der Waals surface area (Å²) in [6.07, 6.45) is -1.26. The van der Waals surface area contributed by atoms with Crippen molar-refractivity contribution in [3.63, 3.8) is 0 Å². The number of nitrogens with one attached hydrogen (secondary N) is 7. The lowest BCUT2D eigenvalue weighted by molar-refractivity contribution is -0.142. The Kier molecular flexibility index (Phi) is 22.6. The van der Waals surface area contributed by atoms with Crippen LogP contribution in [0, 0.1) is 5.92 Å². The zero-order valence-electron chi connectivity index (χ0n) is 39.9. The lowest BCUT2D eigenvalue weighted by Crippen LogP contribution is -2.61. The van der Waals surface area contributed by atoms with Crippen molar-refractivity contribution in [2.24, 2.45) is 28.9 Å². The summed E-state index contributed by atoms with van der Waals surface area (Å²) >= 11 is 0. The number of aromatic hydroxyl groups is 1. The van der Waals surface area contributed by atoms with Gasteiger partial charge in [-0.15, -0.1) is 0 Å². The molecule has 2 aromatic carbocycles. The standard InChI is InChI=1S/C46H64N12O12S2/c1-24(2)17-30(40(64)51-21-38(50)62)56-45(69)35-9-6-16-58(35)46(70)34-23-72-71-22-28(47)39(63)53-31(19-26-10-12-27(59)13-11-26)43(67)54-32(18-25-7-4-3-5-8-25)42(66)52-29(14-15-36(48)60)41(65)55-33(20-37(49)61)44(68)57-34/h3-5,7-8,10-13,24,28-35,59H,6,9,14-23,47H2,1-2H3,(H2,48,60)(H2,49,61)(H2,50,62)(H,51,64)(H,52,66)(H,53,63)(H,54,67)(H,55,65)(H,56,69)(H,57,68). The molecule has 2 aromatic rings. The van der Waals surface area contributed by atoms with Gasteiger partial charge in [-0.25, -0.2) is 0 Å². The van der Waals surface area contributed by atoms with Crippen molar-refractivity contribution in [3.05, 3.63) is 65.7 Å². The monoisotopic (exact) mass is 1040 g/mol. The predicted molar refractivity (Wildman–Crippen MR) is 265 cm³/mol. The molecular formula is C46H64N12O12S2. The number of carbonyl (C=O) groups excluding carboxylic acids is 11. The van der Waals surface area contributed by atoms with Gasteiger partial charge in [0.1, 0.15) is 48.0 Å². The van der Waals surface area contributed by atoms with Crippen LogP contribution in [0.15, 0.2) is 54.6 Å². The van der Waals surface area contributed by atoms with Crippen molar-refractivity contribution in [2.45, 2.75) is 114 Å². The number of nitrogens with zero attached hydrogens (tertiary/aromatic N) is 1. The second-order valence-corrected chi connectivity index (χ2v) is 20.3. The number of hydrogen-bond acceptors (Lipinski definition) is 15. The van der Waals surface area contributed by atoms with E-state index >= 15 is 0 Å². The van der Waals surface area contributed by atoms with Crippen LogP contribution in [0.2, 0.25) is 0 Å². The van der Waals surface area contributed by atoms with Crippen LogP contribution in [0.4, 0.5) is 0 Å². The van der Waals surface area contributed by atoms with E-state index in [1.807, 2.05) is 13.8 Å². The van der Waals surface area contributed by atoms with Gasteiger partial charge in [0.15, 0.2) is 0 Å². The smallest absolute Gasteiger partial charge is 0.246 e. The lowest BCUT2D eigenvalue weighted by atomic mass is 10.0. The molecule has 2 aliphatic heterocycles. The Morgan fingerprint density at radius 2 is 1.26 bits per heavy atom. The van der Waals surface area contributed by atoms with E-state index in [2.05, 4.69) is 37.2 Å². The minimum absolute atomic E-state index is 0.0434. The maximum Gasteiger partial charge on any atom is 0.246 e. The summed E-state index contributed by atoms with van der Waals surface area (Å²) in [5.74, 6) is -10.0. The summed E-state index contributed by atoms with van der Waals surface area (Å²) in [5.41, 5.74) is 23.6. The summed E-state index contributed by atoms with van der Waals surface area (Å²) in [5, 5.41) is 27.8. The Morgan fingerprint density at radius 3 is 1.86 bits per heavy atom. The molecule has 2 heterocycles. The first-order valence-electron chi connectivity index (χ1n) is 23.2. The van der Waals surface area contributed by atoms with Crippen LogP contribution < -0.4 is 60.2 Å². The molecule has 0 aromatic heterocycles. The summed E-state index contributed by atoms with van der Waals surface area (Å²) in [6, 6.07) is 3.19. The van der Waals surface area contributed by atoms with Gasteiger partial charge in [-0.3, -0.25) is 52.7 Å². The molecule has 0 bridgehead atoms. The van der Waals surface area contributed by atoms with E-state index in [4.69, 9.17) is 22.9 Å². The molecule has 2 saturated heterocycles. The summed E-state index contributed by atoms with van der Waals surface area (Å²) < 4.78 is 0. The van der Waals surface area contributed by atoms with Crippen LogP contribution in [-0.4, -0.2) is 148 Å². The molecule has 0 spiro atoms. The molecule has 0 radical (unpaired) electrons. The maximum atomic E-state index is 14.5. The highest BCUT2D eigenvalue weighted by Crippen LogP contribution is 2.26. The van der Waals surface area contributed by atoms with Crippen LogP contribution in [0.3, 0.4) is 0 Å². The average Bonchev–Trinajstić information content (AvgIpc) is 3.82. The Morgan fingerprint density at radius 1 is 0.708 bits per heavy atom. The van der Waals surface area contributed by atoms with Crippen LogP contribution in [0.25, 0.3) is 0 Å². The molecule has 0 saturated carbocycles. The number of amides is 11. The van der Waals surface area contributed by atoms with E-state index in [0.29, 0.717) is 17.5 Å². The first-order chi connectivity index (χ1) is 34.1. The molecule has 392 valence electrons. The van der Waals surface area contributed by atoms with Crippen LogP contribution >= 0.6 is 21.6 Å². The number of carbonyl (C=O) groups is 11. The van der Waals surface area contributed by atoms with E-state index in [1.54, 1.807) is 30.3 Å². The molecule has 4 rings (SSSR count). The SMILES string of the molecule is CC(C)CC(NC(=O)C1CCCN1C(=O)C1CSSCC(N)C(=O)NC(Cc2ccc(O)cc2)C(=O)NC(Cc2ccccc2)C(=O)NC(CCC(N)=O)C(=O)NC(CC(N)=O)C(=O)N1)C(=O)NCC(N)=O. The van der Waals surface area contributed by atoms with Crippen molar-refractivity contribution in [3.8, 4) is 5.75 Å².